The molecule has 0 unspecified atom stereocenters. The van der Waals surface area contributed by atoms with Crippen LogP contribution >= 0.6 is 12.6 Å². The first kappa shape index (κ1) is 98.9. The number of primary amides is 1. The maximum absolute atomic E-state index is 15.1. The van der Waals surface area contributed by atoms with Crippen molar-refractivity contribution < 1.29 is 52.7 Å². The van der Waals surface area contributed by atoms with Crippen LogP contribution in [0.1, 0.15) is 161 Å². The molecule has 44 nitrogen and oxygen atoms in total. The minimum absolute atomic E-state index is 0.00282. The number of thiol groups is 1. The number of amides is 6. The first-order chi connectivity index (χ1) is 51.9. The molecule has 110 heavy (non-hydrogen) atoms. The van der Waals surface area contributed by atoms with Crippen LogP contribution in [0.25, 0.3) is 0 Å². The highest BCUT2D eigenvalue weighted by atomic mass is 32.1. The molecule has 0 aromatic rings. The van der Waals surface area contributed by atoms with Crippen molar-refractivity contribution in [1.29, 1.82) is 0 Å². The van der Waals surface area contributed by atoms with Crippen molar-refractivity contribution >= 4 is 131 Å². The summed E-state index contributed by atoms with van der Waals surface area (Å²) in [4.78, 5) is 193. The first-order valence-electron chi connectivity index (χ1n) is 36.4. The molecule has 0 spiro atoms. The smallest absolute Gasteiger partial charge is 0.240 e. The average molecular weight is 1580 g/mol. The van der Waals surface area contributed by atoms with Crippen molar-refractivity contribution in [3.63, 3.8) is 0 Å². The fraction of sp³-hybridized carbons (Fsp3) is 0.692. The van der Waals surface area contributed by atoms with E-state index in [-0.39, 0.29) is 246 Å². The van der Waals surface area contributed by atoms with Crippen LogP contribution in [0.4, 0.5) is 0 Å². The number of hydrogen-bond acceptors (Lipinski definition) is 21. The van der Waals surface area contributed by atoms with Gasteiger partial charge in [-0.25, -0.2) is 0 Å². The molecule has 0 rings (SSSR count). The summed E-state index contributed by atoms with van der Waals surface area (Å²) in [5, 5.41) is 13.7. The third kappa shape index (κ3) is 48.3. The number of guanidine groups is 9. The minimum Gasteiger partial charge on any atom is -0.370 e. The van der Waals surface area contributed by atoms with E-state index >= 15 is 14.4 Å². The molecule has 0 aliphatic heterocycles. The summed E-state index contributed by atoms with van der Waals surface area (Å²) in [6.45, 7) is 1.80. The third-order valence-corrected chi connectivity index (χ3v) is 17.3. The lowest BCUT2D eigenvalue weighted by Crippen LogP contribution is -2.50. The Kier molecular flexibility index (Phi) is 51.4. The van der Waals surface area contributed by atoms with Gasteiger partial charge in [0.1, 0.15) is 11.8 Å². The van der Waals surface area contributed by atoms with Gasteiger partial charge in [-0.2, -0.15) is 12.6 Å². The van der Waals surface area contributed by atoms with Crippen LogP contribution in [-0.2, 0) is 52.7 Å². The van der Waals surface area contributed by atoms with E-state index in [1.807, 2.05) is 0 Å². The quantitative estimate of drug-likeness (QED) is 0.0116. The second-order valence-corrected chi connectivity index (χ2v) is 26.6. The van der Waals surface area contributed by atoms with Gasteiger partial charge in [0.15, 0.2) is 76.8 Å². The standard InChI is InChI=1S/C65H125N33O11S/c1-2-41(99)30-36(12-3-21-85-57(67)68)52(105)94-42(17-8-26-90-62(77)78)47(100)31-37(13-4-22-86-58(69)70)53(106)95-43(18-9-27-91-63(79)80)48(101)32-38(14-5-23-87-59(71)72)54(107)96-44(19-10-28-92-64(81)82)49(102)33-39(15-6-24-88-60(73)74)55(108)97-45(20-11-29-93-65(83)84)50(103)34-40(16-7-25-89-61(75)76)56(109)98-46(35-110)51(66)104/h36-40,42-46,110H,2-35H2,1H3,(H2,66,104)(H,94,105)(H,95,106)(H,96,107)(H,97,108)(H,98,109)(H4,67,68,85)(H4,69,70,86)(H4,71,72,87)(H4,73,74,88)(H4,75,76,89)(H4,77,78,90)(H4,79,80,91)(H4,81,82,92)(H4,83,84,93)/t36-,37-,38-,39-,40-,42+,43+,44+,45+,46+/m0/s1. The molecule has 45 heteroatoms. The zero-order chi connectivity index (χ0) is 83.3. The van der Waals surface area contributed by atoms with Crippen molar-refractivity contribution in [2.75, 3.05) is 64.7 Å². The van der Waals surface area contributed by atoms with Gasteiger partial charge in [-0.3, -0.25) is 97.7 Å². The number of hydrogen-bond donors (Lipinski definition) is 25. The Labute approximate surface area is 646 Å². The maximum Gasteiger partial charge on any atom is 0.240 e. The summed E-state index contributed by atoms with van der Waals surface area (Å²) < 4.78 is 0. The summed E-state index contributed by atoms with van der Waals surface area (Å²) in [7, 11) is 0. The van der Waals surface area contributed by atoms with E-state index in [9.17, 15) is 38.4 Å². The number of Topliss-reactive ketones (excluding diaryl/α,β-unsaturated/α-hetero) is 5. The first-order valence-corrected chi connectivity index (χ1v) is 37.1. The second kappa shape index (κ2) is 57.1. The zero-order valence-electron chi connectivity index (χ0n) is 63.2. The highest BCUT2D eigenvalue weighted by Crippen LogP contribution is 2.24. The number of nitrogens with zero attached hydrogens (tertiary/aromatic N) is 9. The Hall–Kier alpha value is -11.0. The normalized spacial score (nSPS) is 13.5. The number of ketones is 5. The van der Waals surface area contributed by atoms with Crippen molar-refractivity contribution in [3.05, 3.63) is 0 Å². The summed E-state index contributed by atoms with van der Waals surface area (Å²) in [6.07, 6.45) is -1.42. The van der Waals surface area contributed by atoms with Gasteiger partial charge in [-0.15, -0.1) is 0 Å². The molecule has 43 N–H and O–H groups in total. The van der Waals surface area contributed by atoms with Gasteiger partial charge in [0.25, 0.3) is 0 Å². The Bertz CT molecular complexity index is 3200. The molecular formula is C65H125N33O11S. The van der Waals surface area contributed by atoms with Crippen LogP contribution in [0.5, 0.6) is 0 Å². The molecule has 0 saturated carbocycles. The van der Waals surface area contributed by atoms with Gasteiger partial charge in [0, 0.05) is 133 Å². The Morgan fingerprint density at radius 2 is 0.418 bits per heavy atom. The number of carbonyl (C=O) groups excluding carboxylic acids is 11. The van der Waals surface area contributed by atoms with Crippen LogP contribution in [0.15, 0.2) is 44.9 Å². The molecule has 0 bridgehead atoms. The summed E-state index contributed by atoms with van der Waals surface area (Å²) in [5.74, 6) is -15.8. The fourth-order valence-electron chi connectivity index (χ4n) is 11.2. The van der Waals surface area contributed by atoms with Crippen molar-refractivity contribution in [2.45, 2.75) is 191 Å². The fourth-order valence-corrected chi connectivity index (χ4v) is 11.5. The Morgan fingerprint density at radius 3 is 0.573 bits per heavy atom. The monoisotopic (exact) mass is 1580 g/mol. The number of rotatable bonds is 63. The molecule has 0 aromatic carbocycles. The van der Waals surface area contributed by atoms with Gasteiger partial charge in [-0.1, -0.05) is 6.92 Å². The van der Waals surface area contributed by atoms with E-state index in [0.29, 0.717) is 6.42 Å². The Balaban J connectivity index is 8.06. The predicted molar refractivity (Wildman–Crippen MR) is 428 cm³/mol. The molecule has 6 amide bonds. The summed E-state index contributed by atoms with van der Waals surface area (Å²) in [5.41, 5.74) is 106. The van der Waals surface area contributed by atoms with E-state index in [1.54, 1.807) is 6.92 Å². The topological polar surface area (TPSA) is 854 Å². The maximum atomic E-state index is 15.1. The number of aliphatic imine (C=N–C) groups is 9. The molecule has 0 fully saturated rings. The molecule has 0 radical (unpaired) electrons. The van der Waals surface area contributed by atoms with Crippen molar-refractivity contribution in [3.8, 4) is 0 Å². The number of nitrogens with one attached hydrogen (secondary N) is 5. The van der Waals surface area contributed by atoms with Crippen LogP contribution < -0.4 is 136 Å². The number of nitrogens with two attached hydrogens (primary N) is 19. The molecule has 0 saturated heterocycles. The summed E-state index contributed by atoms with van der Waals surface area (Å²) >= 11 is 4.12. The van der Waals surface area contributed by atoms with Gasteiger partial charge in [0.2, 0.25) is 35.4 Å². The predicted octanol–water partition coefficient (Wildman–Crippen LogP) is -8.41. The highest BCUT2D eigenvalue weighted by molar-refractivity contribution is 7.80. The third-order valence-electron chi connectivity index (χ3n) is 17.0. The van der Waals surface area contributed by atoms with E-state index in [4.69, 9.17) is 109 Å². The minimum atomic E-state index is -1.43. The van der Waals surface area contributed by atoms with Crippen LogP contribution in [-0.4, -0.2) is 213 Å². The SMILES string of the molecule is CCC(=O)C[C@H](CCCN=C(N)N)C(=O)N[C@H](CCCN=C(N)N)C(=O)C[C@H](CCCN=C(N)N)C(=O)N[C@H](CCCN=C(N)N)C(=O)C[C@H](CCCN=C(N)N)C(=O)N[C@H](CCCN=C(N)N)C(=O)C[C@H](CCCN=C(N)N)C(=O)N[C@H](CCCN=C(N)N)C(=O)C[C@H](CCCN=C(N)N)C(=O)N[C@H](CS)C(N)=O. The highest BCUT2D eigenvalue weighted by Gasteiger charge is 2.37. The molecule has 0 aromatic heterocycles. The van der Waals surface area contributed by atoms with Gasteiger partial charge in [-0.05, 0) is 116 Å². The van der Waals surface area contributed by atoms with Crippen molar-refractivity contribution in [2.24, 2.45) is 183 Å². The van der Waals surface area contributed by atoms with E-state index in [0.717, 1.165) is 0 Å². The number of carbonyl (C=O) groups is 11. The molecule has 622 valence electrons. The van der Waals surface area contributed by atoms with Crippen LogP contribution in [0.3, 0.4) is 0 Å². The van der Waals surface area contributed by atoms with Gasteiger partial charge >= 0.3 is 0 Å². The second-order valence-electron chi connectivity index (χ2n) is 26.2. The van der Waals surface area contributed by atoms with Crippen LogP contribution in [0.2, 0.25) is 0 Å². The van der Waals surface area contributed by atoms with E-state index < -0.39 is 144 Å². The average Bonchev–Trinajstić information content (AvgIpc) is 0.863. The summed E-state index contributed by atoms with van der Waals surface area (Å²) in [6, 6.07) is -6.65. The lowest BCUT2D eigenvalue weighted by molar-refractivity contribution is -0.136. The Morgan fingerprint density at radius 1 is 0.255 bits per heavy atom. The van der Waals surface area contributed by atoms with E-state index in [2.05, 4.69) is 84.1 Å². The molecular weight excluding hydrogens is 1450 g/mol. The van der Waals surface area contributed by atoms with Crippen molar-refractivity contribution in [1.82, 2.24) is 26.6 Å². The molecule has 0 aliphatic rings. The molecule has 0 aliphatic carbocycles. The molecule has 0 heterocycles. The van der Waals surface area contributed by atoms with Gasteiger partial charge in [0.05, 0.1) is 24.2 Å². The largest absolute Gasteiger partial charge is 0.370 e. The van der Waals surface area contributed by atoms with Crippen LogP contribution in [0, 0.1) is 29.6 Å². The lowest BCUT2D eigenvalue weighted by atomic mass is 9.88. The van der Waals surface area contributed by atoms with Gasteiger partial charge < -0.3 is 136 Å². The zero-order valence-corrected chi connectivity index (χ0v) is 64.1. The van der Waals surface area contributed by atoms with E-state index in [1.165, 1.54) is 0 Å². The lowest BCUT2D eigenvalue weighted by Gasteiger charge is -2.27. The molecule has 10 atom stereocenters.